The quantitative estimate of drug-likeness (QED) is 0.622. The lowest BCUT2D eigenvalue weighted by Crippen LogP contribution is -2.34. The Balaban J connectivity index is 1.87. The fraction of sp³-hybridized carbons (Fsp3) is 0.375. The number of aromatic amines is 1. The Hall–Kier alpha value is -2.19. The maximum absolute atomic E-state index is 12.5. The van der Waals surface area contributed by atoms with Gasteiger partial charge in [0.1, 0.15) is 0 Å². The van der Waals surface area contributed by atoms with E-state index >= 15 is 0 Å². The summed E-state index contributed by atoms with van der Waals surface area (Å²) in [5.41, 5.74) is 1.77. The first-order valence-corrected chi connectivity index (χ1v) is 9.62. The van der Waals surface area contributed by atoms with Crippen LogP contribution in [-0.2, 0) is 21.4 Å². The zero-order valence-electron chi connectivity index (χ0n) is 13.3. The van der Waals surface area contributed by atoms with Gasteiger partial charge in [0.15, 0.2) is 0 Å². The van der Waals surface area contributed by atoms with Crippen LogP contribution in [0.5, 0.6) is 0 Å². The van der Waals surface area contributed by atoms with Gasteiger partial charge in [-0.3, -0.25) is 9.59 Å². The number of ketones is 1. The van der Waals surface area contributed by atoms with Crippen LogP contribution in [0.4, 0.5) is 0 Å². The summed E-state index contributed by atoms with van der Waals surface area (Å²) in [6.07, 6.45) is 4.47. The van der Waals surface area contributed by atoms with Crippen molar-refractivity contribution in [3.05, 3.63) is 35.5 Å². The zero-order valence-corrected chi connectivity index (χ0v) is 14.1. The van der Waals surface area contributed by atoms with Crippen molar-refractivity contribution >= 4 is 32.6 Å². The van der Waals surface area contributed by atoms with Crippen molar-refractivity contribution in [1.29, 1.82) is 0 Å². The number of H-pyrrole nitrogens is 1. The third kappa shape index (κ3) is 3.49. The van der Waals surface area contributed by atoms with E-state index in [2.05, 4.69) is 9.71 Å². The normalized spacial score (nSPS) is 15.1. The van der Waals surface area contributed by atoms with Crippen molar-refractivity contribution < 1.29 is 18.0 Å². The molecule has 8 heteroatoms. The fourth-order valence-electron chi connectivity index (χ4n) is 2.86. The van der Waals surface area contributed by atoms with Gasteiger partial charge in [-0.1, -0.05) is 6.07 Å². The van der Waals surface area contributed by atoms with E-state index in [0.29, 0.717) is 24.0 Å². The Labute approximate surface area is 140 Å². The van der Waals surface area contributed by atoms with Crippen LogP contribution in [0.3, 0.4) is 0 Å². The number of benzene rings is 1. The number of hydrogen-bond donors (Lipinski definition) is 2. The smallest absolute Gasteiger partial charge is 0.295 e. The summed E-state index contributed by atoms with van der Waals surface area (Å²) >= 11 is 0. The molecule has 1 aliphatic rings. The Morgan fingerprint density at radius 2 is 1.96 bits per heavy atom. The van der Waals surface area contributed by atoms with Crippen molar-refractivity contribution in [2.24, 2.45) is 0 Å². The van der Waals surface area contributed by atoms with Crippen molar-refractivity contribution in [3.8, 4) is 0 Å². The molecule has 0 aliphatic carbocycles. The lowest BCUT2D eigenvalue weighted by atomic mass is 10.1. The van der Waals surface area contributed by atoms with Crippen LogP contribution in [0, 0.1) is 0 Å². The van der Waals surface area contributed by atoms with Gasteiger partial charge in [-0.15, -0.1) is 0 Å². The van der Waals surface area contributed by atoms with E-state index in [4.69, 9.17) is 0 Å². The molecule has 1 aliphatic heterocycles. The van der Waals surface area contributed by atoms with E-state index in [-0.39, 0.29) is 6.54 Å². The summed E-state index contributed by atoms with van der Waals surface area (Å²) in [7, 11) is -3.30. The number of fused-ring (bicyclic) bond motifs is 1. The first-order valence-electron chi connectivity index (χ1n) is 7.73. The van der Waals surface area contributed by atoms with Crippen molar-refractivity contribution in [2.75, 3.05) is 19.3 Å². The molecule has 24 heavy (non-hydrogen) atoms. The Kier molecular flexibility index (Phi) is 4.42. The fourth-order valence-corrected chi connectivity index (χ4v) is 3.29. The van der Waals surface area contributed by atoms with E-state index in [1.54, 1.807) is 23.1 Å². The minimum absolute atomic E-state index is 0.133. The molecule has 128 valence electrons. The Morgan fingerprint density at radius 1 is 1.25 bits per heavy atom. The van der Waals surface area contributed by atoms with Gasteiger partial charge in [0.2, 0.25) is 10.0 Å². The van der Waals surface area contributed by atoms with Crippen LogP contribution in [0.2, 0.25) is 0 Å². The number of amides is 1. The largest absolute Gasteiger partial charge is 0.360 e. The SMILES string of the molecule is CS(=O)(=O)NCc1ccc2[nH]cc(C(=O)C(=O)N3CCCC3)c2c1. The molecule has 7 nitrogen and oxygen atoms in total. The molecule has 0 radical (unpaired) electrons. The molecule has 0 atom stereocenters. The highest BCUT2D eigenvalue weighted by atomic mass is 32.2. The molecule has 0 spiro atoms. The molecule has 1 saturated heterocycles. The third-order valence-corrected chi connectivity index (χ3v) is 4.79. The van der Waals surface area contributed by atoms with Crippen molar-refractivity contribution in [3.63, 3.8) is 0 Å². The second-order valence-corrected chi connectivity index (χ2v) is 7.84. The number of hydrogen-bond acceptors (Lipinski definition) is 4. The lowest BCUT2D eigenvalue weighted by Gasteiger charge is -2.13. The predicted molar refractivity (Wildman–Crippen MR) is 90.1 cm³/mol. The van der Waals surface area contributed by atoms with Crippen molar-refractivity contribution in [1.82, 2.24) is 14.6 Å². The average molecular weight is 349 g/mol. The summed E-state index contributed by atoms with van der Waals surface area (Å²) in [5.74, 6) is -1.01. The molecule has 0 bridgehead atoms. The number of carbonyl (C=O) groups is 2. The molecule has 0 unspecified atom stereocenters. The second kappa shape index (κ2) is 6.37. The topological polar surface area (TPSA) is 99.3 Å². The molecule has 1 aromatic heterocycles. The number of Topliss-reactive ketones (excluding diaryl/α,β-unsaturated/α-hetero) is 1. The summed E-state index contributed by atoms with van der Waals surface area (Å²) in [5, 5.41) is 0.625. The zero-order chi connectivity index (χ0) is 17.3. The third-order valence-electron chi connectivity index (χ3n) is 4.12. The molecule has 0 saturated carbocycles. The molecule has 2 N–H and O–H groups in total. The number of nitrogens with zero attached hydrogens (tertiary/aromatic N) is 1. The van der Waals surface area contributed by atoms with Gasteiger partial charge >= 0.3 is 0 Å². The van der Waals surface area contributed by atoms with E-state index in [0.717, 1.165) is 30.2 Å². The van der Waals surface area contributed by atoms with Gasteiger partial charge in [-0.05, 0) is 30.5 Å². The van der Waals surface area contributed by atoms with Crippen LogP contribution in [0.1, 0.15) is 28.8 Å². The van der Waals surface area contributed by atoms with Crippen LogP contribution in [-0.4, -0.2) is 49.3 Å². The number of rotatable bonds is 5. The number of sulfonamides is 1. The highest BCUT2D eigenvalue weighted by molar-refractivity contribution is 7.88. The van der Waals surface area contributed by atoms with Gasteiger partial charge in [-0.2, -0.15) is 0 Å². The Morgan fingerprint density at radius 3 is 2.62 bits per heavy atom. The van der Waals surface area contributed by atoms with Gasteiger partial charge in [0.25, 0.3) is 11.7 Å². The average Bonchev–Trinajstić information content (AvgIpc) is 3.20. The molecule has 1 fully saturated rings. The Bertz CT molecular complexity index is 895. The second-order valence-electron chi connectivity index (χ2n) is 6.00. The summed E-state index contributed by atoms with van der Waals surface area (Å²) in [6, 6.07) is 5.27. The van der Waals surface area contributed by atoms with Gasteiger partial charge in [0.05, 0.1) is 11.8 Å². The van der Waals surface area contributed by atoms with Gasteiger partial charge in [0, 0.05) is 36.7 Å². The highest BCUT2D eigenvalue weighted by Gasteiger charge is 2.27. The summed E-state index contributed by atoms with van der Waals surface area (Å²) in [6.45, 7) is 1.38. The minimum Gasteiger partial charge on any atom is -0.360 e. The summed E-state index contributed by atoms with van der Waals surface area (Å²) < 4.78 is 24.8. The number of likely N-dealkylation sites (tertiary alicyclic amines) is 1. The van der Waals surface area contributed by atoms with Crippen molar-refractivity contribution in [2.45, 2.75) is 19.4 Å². The van der Waals surface area contributed by atoms with Crippen LogP contribution >= 0.6 is 0 Å². The lowest BCUT2D eigenvalue weighted by molar-refractivity contribution is -0.125. The van der Waals surface area contributed by atoms with Gasteiger partial charge < -0.3 is 9.88 Å². The molecule has 1 amide bonds. The molecular weight excluding hydrogens is 330 g/mol. The standard InChI is InChI=1S/C16H19N3O4S/c1-24(22,23)18-9-11-4-5-14-12(8-11)13(10-17-14)15(20)16(21)19-6-2-3-7-19/h4-5,8,10,17-18H,2-3,6-7,9H2,1H3. The maximum Gasteiger partial charge on any atom is 0.295 e. The molecular formula is C16H19N3O4S. The van der Waals surface area contributed by atoms with E-state index in [1.165, 1.54) is 6.20 Å². The van der Waals surface area contributed by atoms with E-state index in [9.17, 15) is 18.0 Å². The van der Waals surface area contributed by atoms with Gasteiger partial charge in [-0.25, -0.2) is 13.1 Å². The maximum atomic E-state index is 12.5. The van der Waals surface area contributed by atoms with Crippen LogP contribution in [0.15, 0.2) is 24.4 Å². The van der Waals surface area contributed by atoms with E-state index in [1.807, 2.05) is 0 Å². The van der Waals surface area contributed by atoms with Crippen LogP contribution < -0.4 is 4.72 Å². The van der Waals surface area contributed by atoms with E-state index < -0.39 is 21.7 Å². The monoisotopic (exact) mass is 349 g/mol. The molecule has 1 aromatic carbocycles. The molecule has 2 heterocycles. The summed E-state index contributed by atoms with van der Waals surface area (Å²) in [4.78, 5) is 29.4. The molecule has 3 rings (SSSR count). The number of aromatic nitrogens is 1. The minimum atomic E-state index is -3.30. The first-order chi connectivity index (χ1) is 11.3. The van der Waals surface area contributed by atoms with Crippen LogP contribution in [0.25, 0.3) is 10.9 Å². The number of carbonyl (C=O) groups excluding carboxylic acids is 2. The highest BCUT2D eigenvalue weighted by Crippen LogP contribution is 2.22. The number of nitrogens with one attached hydrogen (secondary N) is 2. The molecule has 2 aromatic rings. The predicted octanol–water partition coefficient (Wildman–Crippen LogP) is 1.02. The first kappa shape index (κ1) is 16.7.